The number of hydrogen-bond acceptors (Lipinski definition) is 3. The number of aryl methyl sites for hydroxylation is 1. The molecule has 2 atom stereocenters. The molecule has 0 aromatic carbocycles. The van der Waals surface area contributed by atoms with Crippen molar-refractivity contribution in [3.63, 3.8) is 0 Å². The van der Waals surface area contributed by atoms with Crippen LogP contribution in [0.5, 0.6) is 0 Å². The fraction of sp³-hybridized carbons (Fsp3) is 0.786. The Morgan fingerprint density at radius 2 is 2.18 bits per heavy atom. The van der Waals surface area contributed by atoms with E-state index in [0.717, 1.165) is 30.0 Å². The molecule has 1 aromatic rings. The quantitative estimate of drug-likeness (QED) is 0.874. The van der Waals surface area contributed by atoms with Crippen molar-refractivity contribution < 1.29 is 5.11 Å². The predicted octanol–water partition coefficient (Wildman–Crippen LogP) is 3.57. The second-order valence-corrected chi connectivity index (χ2v) is 7.58. The van der Waals surface area contributed by atoms with Gasteiger partial charge in [0.15, 0.2) is 0 Å². The van der Waals surface area contributed by atoms with Crippen LogP contribution in [0.3, 0.4) is 0 Å². The zero-order valence-corrected chi connectivity index (χ0v) is 12.1. The van der Waals surface area contributed by atoms with Crippen molar-refractivity contribution in [1.82, 2.24) is 4.98 Å². The van der Waals surface area contributed by atoms with E-state index in [-0.39, 0.29) is 5.41 Å². The molecule has 0 amide bonds. The number of aliphatic hydroxyl groups is 1. The van der Waals surface area contributed by atoms with Crippen LogP contribution >= 0.6 is 11.3 Å². The van der Waals surface area contributed by atoms with E-state index in [0.29, 0.717) is 5.92 Å². The summed E-state index contributed by atoms with van der Waals surface area (Å²) in [7, 11) is 0. The molecule has 3 heteroatoms. The first-order valence-corrected chi connectivity index (χ1v) is 7.29. The van der Waals surface area contributed by atoms with Crippen molar-refractivity contribution in [2.24, 2.45) is 11.3 Å². The van der Waals surface area contributed by atoms with Crippen LogP contribution in [0.1, 0.15) is 50.7 Å². The zero-order valence-electron chi connectivity index (χ0n) is 11.3. The summed E-state index contributed by atoms with van der Waals surface area (Å²) in [6.07, 6.45) is 3.74. The second kappa shape index (κ2) is 4.36. The highest BCUT2D eigenvalue weighted by Crippen LogP contribution is 2.45. The Bertz CT molecular complexity index is 399. The second-order valence-electron chi connectivity index (χ2n) is 6.64. The molecule has 1 aromatic heterocycles. The van der Waals surface area contributed by atoms with Crippen LogP contribution in [0.25, 0.3) is 0 Å². The lowest BCUT2D eigenvalue weighted by molar-refractivity contribution is -0.0574. The van der Waals surface area contributed by atoms with Gasteiger partial charge in [-0.2, -0.15) is 0 Å². The number of thiazole rings is 1. The monoisotopic (exact) mass is 253 g/mol. The third kappa shape index (κ3) is 3.29. The van der Waals surface area contributed by atoms with Gasteiger partial charge in [0.1, 0.15) is 0 Å². The topological polar surface area (TPSA) is 33.1 Å². The van der Waals surface area contributed by atoms with E-state index >= 15 is 0 Å². The summed E-state index contributed by atoms with van der Waals surface area (Å²) in [5.74, 6) is 0.602. The molecule has 1 saturated carbocycles. The van der Waals surface area contributed by atoms with Crippen LogP contribution in [0.4, 0.5) is 0 Å². The largest absolute Gasteiger partial charge is 0.389 e. The molecule has 0 spiro atoms. The molecule has 1 N–H and O–H groups in total. The van der Waals surface area contributed by atoms with Crippen molar-refractivity contribution >= 4 is 11.3 Å². The van der Waals surface area contributed by atoms with Crippen LogP contribution in [0.15, 0.2) is 5.38 Å². The molecular weight excluding hydrogens is 230 g/mol. The summed E-state index contributed by atoms with van der Waals surface area (Å²) < 4.78 is 0. The van der Waals surface area contributed by atoms with Gasteiger partial charge < -0.3 is 5.11 Å². The lowest BCUT2D eigenvalue weighted by atomic mass is 9.65. The van der Waals surface area contributed by atoms with Gasteiger partial charge >= 0.3 is 0 Å². The Balaban J connectivity index is 2.12. The fourth-order valence-electron chi connectivity index (χ4n) is 3.60. The Hall–Kier alpha value is -0.410. The van der Waals surface area contributed by atoms with Crippen LogP contribution in [0, 0.1) is 18.3 Å². The minimum absolute atomic E-state index is 0.249. The summed E-state index contributed by atoms with van der Waals surface area (Å²) in [5.41, 5.74) is 0.765. The van der Waals surface area contributed by atoms with Gasteiger partial charge in [0.25, 0.3) is 0 Å². The zero-order chi connectivity index (χ0) is 12.7. The van der Waals surface area contributed by atoms with E-state index in [9.17, 15) is 5.11 Å². The Labute approximate surface area is 108 Å². The standard InChI is InChI=1S/C14H23NOS/c1-10-5-13(3,4)9-14(16,6-10)7-12-15-11(2)8-17-12/h8,10,16H,5-7,9H2,1-4H3. The highest BCUT2D eigenvalue weighted by Gasteiger charge is 2.41. The first-order chi connectivity index (χ1) is 7.78. The van der Waals surface area contributed by atoms with Crippen LogP contribution < -0.4 is 0 Å². The summed E-state index contributed by atoms with van der Waals surface area (Å²) >= 11 is 1.67. The van der Waals surface area contributed by atoms with Gasteiger partial charge in [0.2, 0.25) is 0 Å². The molecule has 2 rings (SSSR count). The smallest absolute Gasteiger partial charge is 0.0956 e. The van der Waals surface area contributed by atoms with Crippen LogP contribution in [-0.4, -0.2) is 15.7 Å². The average Bonchev–Trinajstić information content (AvgIpc) is 2.44. The number of nitrogens with zero attached hydrogens (tertiary/aromatic N) is 1. The maximum Gasteiger partial charge on any atom is 0.0956 e. The van der Waals surface area contributed by atoms with E-state index in [1.54, 1.807) is 11.3 Å². The van der Waals surface area contributed by atoms with Gasteiger partial charge in [-0.1, -0.05) is 20.8 Å². The number of aromatic nitrogens is 1. The van der Waals surface area contributed by atoms with E-state index < -0.39 is 5.60 Å². The number of rotatable bonds is 2. The van der Waals surface area contributed by atoms with Gasteiger partial charge in [-0.3, -0.25) is 0 Å². The van der Waals surface area contributed by atoms with Gasteiger partial charge in [-0.25, -0.2) is 4.98 Å². The molecule has 96 valence electrons. The van der Waals surface area contributed by atoms with Crippen LogP contribution in [-0.2, 0) is 6.42 Å². The molecule has 0 aliphatic heterocycles. The normalized spacial score (nSPS) is 32.6. The first-order valence-electron chi connectivity index (χ1n) is 6.41. The Morgan fingerprint density at radius 3 is 2.71 bits per heavy atom. The summed E-state index contributed by atoms with van der Waals surface area (Å²) in [6, 6.07) is 0. The molecule has 17 heavy (non-hydrogen) atoms. The molecule has 0 saturated heterocycles. The van der Waals surface area contributed by atoms with Crippen molar-refractivity contribution in [2.45, 2.75) is 59.0 Å². The highest BCUT2D eigenvalue weighted by molar-refractivity contribution is 7.09. The minimum atomic E-state index is -0.550. The van der Waals surface area contributed by atoms with Gasteiger partial charge in [-0.05, 0) is 37.5 Å². The lowest BCUT2D eigenvalue weighted by Crippen LogP contribution is -2.43. The van der Waals surface area contributed by atoms with Crippen molar-refractivity contribution in [3.8, 4) is 0 Å². The maximum atomic E-state index is 10.8. The molecule has 1 aliphatic rings. The average molecular weight is 253 g/mol. The van der Waals surface area contributed by atoms with Crippen LogP contribution in [0.2, 0.25) is 0 Å². The van der Waals surface area contributed by atoms with Crippen molar-refractivity contribution in [3.05, 3.63) is 16.1 Å². The van der Waals surface area contributed by atoms with Gasteiger partial charge in [-0.15, -0.1) is 11.3 Å². The molecule has 2 nitrogen and oxygen atoms in total. The molecule has 2 unspecified atom stereocenters. The van der Waals surface area contributed by atoms with E-state index in [4.69, 9.17) is 0 Å². The molecule has 1 aliphatic carbocycles. The van der Waals surface area contributed by atoms with E-state index in [1.165, 1.54) is 6.42 Å². The highest BCUT2D eigenvalue weighted by atomic mass is 32.1. The lowest BCUT2D eigenvalue weighted by Gasteiger charge is -2.44. The summed E-state index contributed by atoms with van der Waals surface area (Å²) in [6.45, 7) is 8.79. The van der Waals surface area contributed by atoms with E-state index in [2.05, 4.69) is 31.1 Å². The minimum Gasteiger partial charge on any atom is -0.389 e. The molecule has 1 fully saturated rings. The van der Waals surface area contributed by atoms with Crippen molar-refractivity contribution in [1.29, 1.82) is 0 Å². The Kier molecular flexibility index (Phi) is 3.34. The third-order valence-electron chi connectivity index (χ3n) is 3.58. The first kappa shape index (κ1) is 13.0. The maximum absolute atomic E-state index is 10.8. The predicted molar refractivity (Wildman–Crippen MR) is 72.3 cm³/mol. The van der Waals surface area contributed by atoms with Gasteiger partial charge in [0.05, 0.1) is 10.6 Å². The molecular formula is C14H23NOS. The summed E-state index contributed by atoms with van der Waals surface area (Å²) in [5, 5.41) is 14.0. The van der Waals surface area contributed by atoms with Crippen molar-refractivity contribution in [2.75, 3.05) is 0 Å². The Morgan fingerprint density at radius 1 is 1.47 bits per heavy atom. The number of hydrogen-bond donors (Lipinski definition) is 1. The molecule has 0 bridgehead atoms. The van der Waals surface area contributed by atoms with E-state index in [1.807, 2.05) is 6.92 Å². The molecule has 0 radical (unpaired) electrons. The third-order valence-corrected chi connectivity index (χ3v) is 4.55. The molecule has 1 heterocycles. The SMILES string of the molecule is Cc1csc(CC2(O)CC(C)CC(C)(C)C2)n1. The fourth-order valence-corrected chi connectivity index (χ4v) is 4.51. The van der Waals surface area contributed by atoms with Gasteiger partial charge in [0, 0.05) is 17.5 Å². The summed E-state index contributed by atoms with van der Waals surface area (Å²) in [4.78, 5) is 4.48.